The monoisotopic (exact) mass is 341 g/mol. The van der Waals surface area contributed by atoms with E-state index in [1.165, 1.54) is 7.11 Å². The Morgan fingerprint density at radius 1 is 1.08 bits per heavy atom. The van der Waals surface area contributed by atoms with Gasteiger partial charge in [0.2, 0.25) is 0 Å². The fourth-order valence-corrected chi connectivity index (χ4v) is 2.87. The average Bonchev–Trinajstić information content (AvgIpc) is 2.60. The summed E-state index contributed by atoms with van der Waals surface area (Å²) in [5, 5.41) is 3.09. The molecule has 1 heterocycles. The molecule has 5 nitrogen and oxygen atoms in total. The number of allylic oxidation sites excluding steroid dienone is 3. The van der Waals surface area contributed by atoms with Crippen LogP contribution in [0.25, 0.3) is 6.08 Å². The second kappa shape index (κ2) is 8.33. The minimum atomic E-state index is -0.534. The molecule has 25 heavy (non-hydrogen) atoms. The Hall–Kier alpha value is -2.82. The van der Waals surface area contributed by atoms with Gasteiger partial charge in [-0.1, -0.05) is 42.5 Å². The summed E-state index contributed by atoms with van der Waals surface area (Å²) in [6, 6.07) is 9.69. The predicted molar refractivity (Wildman–Crippen MR) is 96.2 cm³/mol. The fraction of sp³-hybridized carbons (Fsp3) is 0.300. The largest absolute Gasteiger partial charge is 0.466 e. The minimum Gasteiger partial charge on any atom is -0.466 e. The number of carbonyl (C=O) groups is 2. The Kier molecular flexibility index (Phi) is 6.17. The molecule has 0 saturated heterocycles. The van der Waals surface area contributed by atoms with Gasteiger partial charge in [0.1, 0.15) is 0 Å². The van der Waals surface area contributed by atoms with Gasteiger partial charge in [0.15, 0.2) is 0 Å². The van der Waals surface area contributed by atoms with Crippen LogP contribution in [0.4, 0.5) is 0 Å². The van der Waals surface area contributed by atoms with Gasteiger partial charge < -0.3 is 14.8 Å². The number of esters is 2. The van der Waals surface area contributed by atoms with Crippen molar-refractivity contribution in [3.05, 3.63) is 64.5 Å². The third kappa shape index (κ3) is 4.18. The van der Waals surface area contributed by atoms with Crippen molar-refractivity contribution in [1.82, 2.24) is 5.32 Å². The summed E-state index contributed by atoms with van der Waals surface area (Å²) in [4.78, 5) is 24.8. The number of hydrogen-bond donors (Lipinski definition) is 1. The van der Waals surface area contributed by atoms with Crippen LogP contribution in [0.5, 0.6) is 0 Å². The van der Waals surface area contributed by atoms with Crippen molar-refractivity contribution in [2.45, 2.75) is 20.8 Å². The number of benzene rings is 1. The van der Waals surface area contributed by atoms with Crippen molar-refractivity contribution < 1.29 is 19.1 Å². The van der Waals surface area contributed by atoms with Gasteiger partial charge in [-0.05, 0) is 26.3 Å². The van der Waals surface area contributed by atoms with Crippen LogP contribution in [0, 0.1) is 5.92 Å². The Morgan fingerprint density at radius 2 is 1.68 bits per heavy atom. The zero-order valence-corrected chi connectivity index (χ0v) is 15.0. The molecule has 2 rings (SSSR count). The van der Waals surface area contributed by atoms with E-state index < -0.39 is 17.9 Å². The van der Waals surface area contributed by atoms with Gasteiger partial charge in [-0.3, -0.25) is 0 Å². The molecule has 1 atom stereocenters. The standard InChI is InChI=1S/C20H23NO4/c1-5-25-20(23)18-14(3)21-13(2)17(19(22)24-4)16(18)12-11-15-9-7-6-8-10-15/h6-12,16,21H,5H2,1-4H3/b12-11+/t16-/m1/s1. The van der Waals surface area contributed by atoms with Gasteiger partial charge in [0.05, 0.1) is 24.9 Å². The molecular weight excluding hydrogens is 318 g/mol. The topological polar surface area (TPSA) is 64.6 Å². The summed E-state index contributed by atoms with van der Waals surface area (Å²) in [5.74, 6) is -1.45. The molecule has 1 aromatic rings. The minimum absolute atomic E-state index is 0.265. The predicted octanol–water partition coefficient (Wildman–Crippen LogP) is 3.20. The zero-order chi connectivity index (χ0) is 18.4. The van der Waals surface area contributed by atoms with E-state index >= 15 is 0 Å². The summed E-state index contributed by atoms with van der Waals surface area (Å²) in [5.41, 5.74) is 3.14. The summed E-state index contributed by atoms with van der Waals surface area (Å²) in [6.45, 7) is 5.61. The van der Waals surface area contributed by atoms with E-state index in [0.29, 0.717) is 22.5 Å². The van der Waals surface area contributed by atoms with Gasteiger partial charge in [-0.25, -0.2) is 9.59 Å². The highest BCUT2D eigenvalue weighted by Crippen LogP contribution is 2.32. The van der Waals surface area contributed by atoms with E-state index in [4.69, 9.17) is 9.47 Å². The van der Waals surface area contributed by atoms with Gasteiger partial charge in [0.25, 0.3) is 0 Å². The van der Waals surface area contributed by atoms with Crippen molar-refractivity contribution in [2.75, 3.05) is 13.7 Å². The smallest absolute Gasteiger partial charge is 0.336 e. The Morgan fingerprint density at radius 3 is 2.24 bits per heavy atom. The summed E-state index contributed by atoms with van der Waals surface area (Å²) < 4.78 is 10.1. The molecule has 1 aliphatic heterocycles. The SMILES string of the molecule is CCOC(=O)C1=C(C)NC(C)=C(C(=O)OC)[C@H]1/C=C/c1ccccc1. The van der Waals surface area contributed by atoms with Crippen LogP contribution in [-0.2, 0) is 19.1 Å². The molecule has 1 aliphatic rings. The molecule has 1 aromatic carbocycles. The number of carbonyl (C=O) groups excluding carboxylic acids is 2. The van der Waals surface area contributed by atoms with Crippen molar-refractivity contribution in [3.8, 4) is 0 Å². The van der Waals surface area contributed by atoms with Crippen molar-refractivity contribution in [2.24, 2.45) is 5.92 Å². The molecule has 0 radical (unpaired) electrons. The van der Waals surface area contributed by atoms with Crippen molar-refractivity contribution in [1.29, 1.82) is 0 Å². The molecule has 0 spiro atoms. The Balaban J connectivity index is 2.49. The Labute approximate surface area is 148 Å². The molecule has 0 amide bonds. The molecule has 0 bridgehead atoms. The highest BCUT2D eigenvalue weighted by molar-refractivity contribution is 5.98. The second-order valence-corrected chi connectivity index (χ2v) is 5.66. The number of hydrogen-bond acceptors (Lipinski definition) is 5. The normalized spacial score (nSPS) is 17.5. The first-order valence-corrected chi connectivity index (χ1v) is 8.16. The van der Waals surface area contributed by atoms with Crippen LogP contribution in [-0.4, -0.2) is 25.7 Å². The molecule has 0 saturated carbocycles. The first-order chi connectivity index (χ1) is 12.0. The lowest BCUT2D eigenvalue weighted by molar-refractivity contribution is -0.139. The third-order valence-corrected chi connectivity index (χ3v) is 3.99. The molecule has 0 unspecified atom stereocenters. The Bertz CT molecular complexity index is 744. The molecular formula is C20H23NO4. The summed E-state index contributed by atoms with van der Waals surface area (Å²) in [6.07, 6.45) is 3.72. The molecule has 5 heteroatoms. The van der Waals surface area contributed by atoms with Crippen LogP contribution in [0.1, 0.15) is 26.3 Å². The summed E-state index contributed by atoms with van der Waals surface area (Å²) >= 11 is 0. The maximum atomic E-state index is 12.5. The van der Waals surface area contributed by atoms with Crippen LogP contribution >= 0.6 is 0 Å². The van der Waals surface area contributed by atoms with E-state index in [9.17, 15) is 9.59 Å². The van der Waals surface area contributed by atoms with E-state index in [0.717, 1.165) is 5.56 Å². The summed E-state index contributed by atoms with van der Waals surface area (Å²) in [7, 11) is 1.33. The maximum absolute atomic E-state index is 12.5. The number of dihydropyridines is 1. The average molecular weight is 341 g/mol. The lowest BCUT2D eigenvalue weighted by Crippen LogP contribution is -2.32. The maximum Gasteiger partial charge on any atom is 0.336 e. The van der Waals surface area contributed by atoms with Crippen LogP contribution in [0.2, 0.25) is 0 Å². The number of ether oxygens (including phenoxy) is 2. The van der Waals surface area contributed by atoms with Crippen LogP contribution in [0.3, 0.4) is 0 Å². The second-order valence-electron chi connectivity index (χ2n) is 5.66. The third-order valence-electron chi connectivity index (χ3n) is 3.99. The molecule has 1 N–H and O–H groups in total. The van der Waals surface area contributed by atoms with E-state index in [2.05, 4.69) is 5.32 Å². The quantitative estimate of drug-likeness (QED) is 0.833. The number of rotatable bonds is 5. The molecule has 0 fully saturated rings. The first-order valence-electron chi connectivity index (χ1n) is 8.16. The zero-order valence-electron chi connectivity index (χ0n) is 15.0. The molecule has 0 aliphatic carbocycles. The van der Waals surface area contributed by atoms with Gasteiger partial charge in [-0.2, -0.15) is 0 Å². The van der Waals surface area contributed by atoms with Gasteiger partial charge in [-0.15, -0.1) is 0 Å². The number of nitrogens with one attached hydrogen (secondary N) is 1. The van der Waals surface area contributed by atoms with Crippen molar-refractivity contribution in [3.63, 3.8) is 0 Å². The highest BCUT2D eigenvalue weighted by atomic mass is 16.5. The van der Waals surface area contributed by atoms with Gasteiger partial charge in [0, 0.05) is 17.3 Å². The lowest BCUT2D eigenvalue weighted by atomic mass is 9.85. The highest BCUT2D eigenvalue weighted by Gasteiger charge is 2.34. The lowest BCUT2D eigenvalue weighted by Gasteiger charge is -2.28. The molecule has 0 aromatic heterocycles. The first kappa shape index (κ1) is 18.5. The fourth-order valence-electron chi connectivity index (χ4n) is 2.87. The molecule has 132 valence electrons. The van der Waals surface area contributed by atoms with E-state index in [-0.39, 0.29) is 6.61 Å². The van der Waals surface area contributed by atoms with Crippen LogP contribution < -0.4 is 5.32 Å². The van der Waals surface area contributed by atoms with E-state index in [1.54, 1.807) is 20.8 Å². The number of methoxy groups -OCH3 is 1. The van der Waals surface area contributed by atoms with Gasteiger partial charge >= 0.3 is 11.9 Å². The van der Waals surface area contributed by atoms with Crippen LogP contribution in [0.15, 0.2) is 58.9 Å². The van der Waals surface area contributed by atoms with E-state index in [1.807, 2.05) is 42.5 Å². The van der Waals surface area contributed by atoms with Crippen molar-refractivity contribution >= 4 is 18.0 Å².